The van der Waals surface area contributed by atoms with Gasteiger partial charge in [0.25, 0.3) is 0 Å². The van der Waals surface area contributed by atoms with Crippen molar-refractivity contribution in [1.82, 2.24) is 0 Å². The van der Waals surface area contributed by atoms with E-state index in [0.717, 1.165) is 53.1 Å². The van der Waals surface area contributed by atoms with Gasteiger partial charge in [-0.2, -0.15) is 12.8 Å². The number of anilines is 1. The van der Waals surface area contributed by atoms with Crippen LogP contribution in [0.1, 0.15) is 47.9 Å². The number of carbonyl (C=O) groups is 1. The molecule has 0 radical (unpaired) electrons. The van der Waals surface area contributed by atoms with Gasteiger partial charge in [-0.15, -0.1) is 12.1 Å². The minimum atomic E-state index is 0. The first-order valence-corrected chi connectivity index (χ1v) is 9.48. The molecule has 3 rings (SSSR count). The molecule has 1 aliphatic rings. The molecule has 2 aromatic rings. The Morgan fingerprint density at radius 3 is 2.43 bits per heavy atom. The van der Waals surface area contributed by atoms with Gasteiger partial charge >= 0.3 is 51.4 Å². The van der Waals surface area contributed by atoms with Gasteiger partial charge in [-0.1, -0.05) is 31.4 Å². The second-order valence-electron chi connectivity index (χ2n) is 6.80. The van der Waals surface area contributed by atoms with Crippen LogP contribution >= 0.6 is 11.6 Å². The van der Waals surface area contributed by atoms with E-state index in [1.54, 1.807) is 6.07 Å². The summed E-state index contributed by atoms with van der Waals surface area (Å²) in [5.74, 6) is 0.302. The van der Waals surface area contributed by atoms with Crippen molar-refractivity contribution in [2.45, 2.75) is 39.5 Å². The van der Waals surface area contributed by atoms with E-state index in [-0.39, 0.29) is 63.2 Å². The molecule has 2 aromatic carbocycles. The Labute approximate surface area is 216 Å². The quantitative estimate of drug-likeness (QED) is 0.611. The first-order chi connectivity index (χ1) is 12.9. The van der Waals surface area contributed by atoms with E-state index in [1.165, 1.54) is 0 Å². The molecule has 1 saturated carbocycles. The second-order valence-corrected chi connectivity index (χ2v) is 7.20. The molecule has 0 atom stereocenters. The Bertz CT molecular complexity index is 801. The summed E-state index contributed by atoms with van der Waals surface area (Å²) in [7, 11) is 0. The Morgan fingerprint density at radius 2 is 1.86 bits per heavy atom. The second kappa shape index (κ2) is 12.8. The van der Waals surface area contributed by atoms with Gasteiger partial charge in [-0.3, -0.25) is 22.8 Å². The maximum absolute atomic E-state index is 12.0. The van der Waals surface area contributed by atoms with E-state index in [4.69, 9.17) is 11.6 Å². The minimum absolute atomic E-state index is 0. The topological polar surface area (TPSA) is 46.2 Å². The van der Waals surface area contributed by atoms with Crippen molar-refractivity contribution >= 4 is 29.5 Å². The molecule has 0 unspecified atom stereocenters. The van der Waals surface area contributed by atoms with Crippen molar-refractivity contribution in [2.75, 3.05) is 5.32 Å². The van der Waals surface area contributed by atoms with Crippen molar-refractivity contribution in [3.8, 4) is 0 Å². The number of aryl methyl sites for hydroxylation is 2. The molecule has 0 aromatic heterocycles. The van der Waals surface area contributed by atoms with Gasteiger partial charge in [0.1, 0.15) is 0 Å². The van der Waals surface area contributed by atoms with Crippen molar-refractivity contribution in [3.63, 3.8) is 0 Å². The summed E-state index contributed by atoms with van der Waals surface area (Å²) < 4.78 is 0. The van der Waals surface area contributed by atoms with E-state index in [2.05, 4.69) is 18.7 Å². The Hall–Kier alpha value is -0.624. The fourth-order valence-electron chi connectivity index (χ4n) is 2.95. The average Bonchev–Trinajstić information content (AvgIpc) is 2.68. The van der Waals surface area contributed by atoms with E-state index in [9.17, 15) is 9.59 Å². The number of hydrogen-bond acceptors (Lipinski definition) is 2. The fourth-order valence-corrected chi connectivity index (χ4v) is 3.07. The zero-order valence-electron chi connectivity index (χ0n) is 16.8. The predicted octanol–water partition coefficient (Wildman–Crippen LogP) is 2.62. The maximum Gasteiger partial charge on any atom is 1.00 e. The number of rotatable bonds is 3. The van der Waals surface area contributed by atoms with Crippen molar-refractivity contribution in [3.05, 3.63) is 77.0 Å². The molecular weight excluding hydrogens is 397 g/mol. The summed E-state index contributed by atoms with van der Waals surface area (Å²) in [6, 6.07) is 11.0. The fraction of sp³-hybridized carbons (Fsp3) is 0.304. The summed E-state index contributed by atoms with van der Waals surface area (Å²) in [6.45, 7) is 7.59. The van der Waals surface area contributed by atoms with Crippen molar-refractivity contribution in [1.29, 1.82) is 0 Å². The molecule has 1 aliphatic carbocycles. The van der Waals surface area contributed by atoms with E-state index in [1.807, 2.05) is 50.5 Å². The summed E-state index contributed by atoms with van der Waals surface area (Å²) in [5.41, 5.74) is 4.19. The van der Waals surface area contributed by atoms with Gasteiger partial charge in [0.15, 0.2) is 0 Å². The Kier molecular flexibility index (Phi) is 11.7. The van der Waals surface area contributed by atoms with Gasteiger partial charge in [-0.25, -0.2) is 11.6 Å². The van der Waals surface area contributed by atoms with Crippen LogP contribution in [0.5, 0.6) is 0 Å². The smallest absolute Gasteiger partial charge is 0.391 e. The van der Waals surface area contributed by atoms with Crippen LogP contribution in [0.3, 0.4) is 0 Å². The Morgan fingerprint density at radius 1 is 1.18 bits per heavy atom. The third-order valence-electron chi connectivity index (χ3n) is 4.75. The molecular formula is C23H25ClKNO2-2. The molecule has 1 N–H and O–H groups in total. The van der Waals surface area contributed by atoms with Gasteiger partial charge in [0.05, 0.1) is 0 Å². The van der Waals surface area contributed by atoms with E-state index < -0.39 is 0 Å². The average molecular weight is 422 g/mol. The van der Waals surface area contributed by atoms with Gasteiger partial charge in [-0.05, 0) is 37.0 Å². The molecule has 3 nitrogen and oxygen atoms in total. The molecule has 0 heterocycles. The van der Waals surface area contributed by atoms with Crippen LogP contribution in [0.2, 0.25) is 5.02 Å². The number of nitrogens with one attached hydrogen (secondary N) is 1. The summed E-state index contributed by atoms with van der Waals surface area (Å²) in [6.07, 6.45) is 8.13. The Balaban J connectivity index is 0.000000307. The number of amides is 1. The summed E-state index contributed by atoms with van der Waals surface area (Å²) in [4.78, 5) is 22.2. The van der Waals surface area contributed by atoms with Crippen molar-refractivity contribution < 1.29 is 61.0 Å². The SMILES string of the molecule is Cc1cc(NC(=O)C2CC[CH-]CC2)ccc1Cl.[CH2-]c1c(C)cccc1[C-]=O.[K+]. The van der Waals surface area contributed by atoms with E-state index in [0.29, 0.717) is 5.56 Å². The first kappa shape index (κ1) is 25.4. The number of hydrogen-bond donors (Lipinski definition) is 1. The monoisotopic (exact) mass is 421 g/mol. The molecule has 0 bridgehead atoms. The van der Waals surface area contributed by atoms with Crippen LogP contribution in [0.4, 0.5) is 5.69 Å². The third kappa shape index (κ3) is 7.66. The molecule has 28 heavy (non-hydrogen) atoms. The van der Waals surface area contributed by atoms with Crippen LogP contribution < -0.4 is 56.7 Å². The molecule has 0 saturated heterocycles. The molecule has 5 heteroatoms. The van der Waals surface area contributed by atoms with Crippen LogP contribution in [0, 0.1) is 33.1 Å². The molecule has 144 valence electrons. The molecule has 0 spiro atoms. The molecule has 0 aliphatic heterocycles. The normalized spacial score (nSPS) is 13.5. The zero-order chi connectivity index (χ0) is 19.8. The minimum Gasteiger partial charge on any atom is -0.391 e. The van der Waals surface area contributed by atoms with Crippen LogP contribution in [0.25, 0.3) is 0 Å². The van der Waals surface area contributed by atoms with Crippen LogP contribution in [0.15, 0.2) is 36.4 Å². The van der Waals surface area contributed by atoms with Gasteiger partial charge < -0.3 is 16.5 Å². The third-order valence-corrected chi connectivity index (χ3v) is 5.18. The number of benzene rings is 2. The van der Waals surface area contributed by atoms with Crippen LogP contribution in [-0.2, 0) is 9.59 Å². The van der Waals surface area contributed by atoms with Crippen LogP contribution in [-0.4, -0.2) is 12.2 Å². The standard InChI is InChI=1S/C14H17ClNO.C9H8O.K/c1-10-9-12(7-8-13(10)15)16-14(17)11-5-3-2-4-6-11;1-7-4-3-5-9(6-10)8(7)2;/h2,7-9,11H,3-6H2,1H3,(H,16,17);3-5H,2H2,1H3;/q-1;-2;+1. The zero-order valence-corrected chi connectivity index (χ0v) is 20.7. The van der Waals surface area contributed by atoms with Crippen molar-refractivity contribution in [2.24, 2.45) is 5.92 Å². The summed E-state index contributed by atoms with van der Waals surface area (Å²) >= 11 is 5.95. The number of halogens is 1. The summed E-state index contributed by atoms with van der Waals surface area (Å²) in [5, 5.41) is 3.70. The maximum atomic E-state index is 12.0. The molecule has 1 amide bonds. The number of carbonyl (C=O) groups excluding carboxylic acids is 2. The largest absolute Gasteiger partial charge is 1.00 e. The first-order valence-electron chi connectivity index (χ1n) is 9.10. The molecule has 1 fully saturated rings. The van der Waals surface area contributed by atoms with Gasteiger partial charge in [0, 0.05) is 16.6 Å². The predicted molar refractivity (Wildman–Crippen MR) is 112 cm³/mol. The van der Waals surface area contributed by atoms with Gasteiger partial charge in [0.2, 0.25) is 5.91 Å². The van der Waals surface area contributed by atoms with E-state index >= 15 is 0 Å².